The van der Waals surface area contributed by atoms with Crippen LogP contribution in [0.15, 0.2) is 78.0 Å². The van der Waals surface area contributed by atoms with E-state index in [0.717, 1.165) is 30.6 Å². The van der Waals surface area contributed by atoms with E-state index >= 15 is 0 Å². The number of oxime groups is 1. The van der Waals surface area contributed by atoms with Crippen LogP contribution in [0.5, 0.6) is 11.5 Å². The molecular formula is C42H54N2O6. The Kier molecular flexibility index (Phi) is 16.6. The van der Waals surface area contributed by atoms with Crippen LogP contribution in [0, 0.1) is 0 Å². The molecule has 0 N–H and O–H groups in total. The molecule has 8 heteroatoms. The molecule has 0 saturated heterocycles. The highest BCUT2D eigenvalue weighted by Gasteiger charge is 2.39. The van der Waals surface area contributed by atoms with E-state index in [1.807, 2.05) is 0 Å². The third kappa shape index (κ3) is 11.9. The fourth-order valence-electron chi connectivity index (χ4n) is 5.99. The Morgan fingerprint density at radius 3 is 1.56 bits per heavy atom. The van der Waals surface area contributed by atoms with Crippen molar-refractivity contribution in [2.45, 2.75) is 117 Å². The molecule has 0 spiro atoms. The zero-order valence-corrected chi connectivity index (χ0v) is 30.0. The van der Waals surface area contributed by atoms with Gasteiger partial charge in [-0.25, -0.2) is 9.69 Å². The fourth-order valence-corrected chi connectivity index (χ4v) is 5.99. The van der Waals surface area contributed by atoms with Crippen LogP contribution in [0.25, 0.3) is 0 Å². The minimum atomic E-state index is -0.718. The molecule has 1 aliphatic rings. The Labute approximate surface area is 298 Å². The van der Waals surface area contributed by atoms with Crippen LogP contribution in [-0.2, 0) is 9.63 Å². The molecular weight excluding hydrogens is 628 g/mol. The Morgan fingerprint density at radius 1 is 0.580 bits per heavy atom. The average Bonchev–Trinajstić information content (AvgIpc) is 3.43. The number of para-hydroxylation sites is 1. The maximum absolute atomic E-state index is 13.6. The highest BCUT2D eigenvalue weighted by molar-refractivity contribution is 6.58. The summed E-state index contributed by atoms with van der Waals surface area (Å²) in [6.07, 6.45) is 19.6. The van der Waals surface area contributed by atoms with Crippen molar-refractivity contribution < 1.29 is 28.7 Å². The highest BCUT2D eigenvalue weighted by atomic mass is 16.7. The van der Waals surface area contributed by atoms with E-state index in [9.17, 15) is 14.4 Å². The second kappa shape index (κ2) is 21.6. The predicted molar refractivity (Wildman–Crippen MR) is 199 cm³/mol. The van der Waals surface area contributed by atoms with Crippen molar-refractivity contribution in [3.05, 3.63) is 89.5 Å². The number of carbonyl (C=O) groups excluding carboxylic acids is 3. The molecule has 2 amide bonds. The minimum Gasteiger partial charge on any atom is -0.494 e. The molecule has 8 nitrogen and oxygen atoms in total. The summed E-state index contributed by atoms with van der Waals surface area (Å²) in [6, 6.07) is 20.3. The fraction of sp³-hybridized carbons (Fsp3) is 0.476. The Balaban J connectivity index is 1.25. The first-order valence-electron chi connectivity index (χ1n) is 18.8. The van der Waals surface area contributed by atoms with E-state index in [-0.39, 0.29) is 11.3 Å². The van der Waals surface area contributed by atoms with Gasteiger partial charge in [0.1, 0.15) is 11.5 Å². The second-order valence-corrected chi connectivity index (χ2v) is 13.0. The molecule has 0 aliphatic carbocycles. The number of anilines is 1. The van der Waals surface area contributed by atoms with Gasteiger partial charge in [0.2, 0.25) is 0 Å². The van der Waals surface area contributed by atoms with Crippen molar-refractivity contribution >= 4 is 29.2 Å². The molecule has 0 bridgehead atoms. The lowest BCUT2D eigenvalue weighted by Crippen LogP contribution is -2.36. The van der Waals surface area contributed by atoms with Gasteiger partial charge in [0, 0.05) is 11.1 Å². The molecule has 0 fully saturated rings. The van der Waals surface area contributed by atoms with E-state index in [4.69, 9.17) is 14.3 Å². The third-order valence-electron chi connectivity index (χ3n) is 8.95. The van der Waals surface area contributed by atoms with Crippen LogP contribution >= 0.6 is 0 Å². The Bertz CT molecular complexity index is 1520. The number of hydrogen-bond acceptors (Lipinski definition) is 7. The first-order chi connectivity index (χ1) is 24.5. The first kappa shape index (κ1) is 38.3. The summed E-state index contributed by atoms with van der Waals surface area (Å²) < 4.78 is 11.7. The van der Waals surface area contributed by atoms with Crippen molar-refractivity contribution in [3.8, 4) is 11.5 Å². The molecule has 3 aromatic rings. The molecule has 268 valence electrons. The summed E-state index contributed by atoms with van der Waals surface area (Å²) in [5.41, 5.74) is 1.28. The summed E-state index contributed by atoms with van der Waals surface area (Å²) >= 11 is 0. The number of unbranched alkanes of at least 4 members (excludes halogenated alkanes) is 14. The Morgan fingerprint density at radius 2 is 1.04 bits per heavy atom. The minimum absolute atomic E-state index is 0.113. The van der Waals surface area contributed by atoms with Crippen molar-refractivity contribution in [1.29, 1.82) is 0 Å². The van der Waals surface area contributed by atoms with E-state index < -0.39 is 17.8 Å². The molecule has 0 saturated carbocycles. The van der Waals surface area contributed by atoms with Crippen LogP contribution in [0.1, 0.15) is 143 Å². The molecule has 0 aromatic heterocycles. The molecule has 0 radical (unpaired) electrons. The zero-order chi connectivity index (χ0) is 35.4. The number of hydrogen-bond donors (Lipinski definition) is 0. The molecule has 4 rings (SSSR count). The number of fused-ring (bicyclic) bond motifs is 1. The van der Waals surface area contributed by atoms with E-state index in [1.165, 1.54) is 77.0 Å². The van der Waals surface area contributed by atoms with Crippen LogP contribution in [0.3, 0.4) is 0 Å². The monoisotopic (exact) mass is 682 g/mol. The van der Waals surface area contributed by atoms with E-state index in [2.05, 4.69) is 19.0 Å². The summed E-state index contributed by atoms with van der Waals surface area (Å²) in [4.78, 5) is 46.2. The summed E-state index contributed by atoms with van der Waals surface area (Å²) in [5, 5.41) is 3.93. The lowest BCUT2D eigenvalue weighted by Gasteiger charge is -2.15. The van der Waals surface area contributed by atoms with Gasteiger partial charge < -0.3 is 14.3 Å². The standard InChI is InChI=1S/C42H54N2O6/c1-3-5-7-9-11-13-15-19-31-48-35-27-23-33(24-28-35)40(45)44-38-22-18-17-21-37(38)39(41(44)46)43-50-42(47)34-25-29-36(30-26-34)49-32-20-16-14-12-10-8-6-4-2/h17-18,21-30H,3-16,19-20,31-32H2,1-2H3/b43-39+. The number of amides is 2. The van der Waals surface area contributed by atoms with Crippen LogP contribution in [-0.4, -0.2) is 36.7 Å². The molecule has 0 unspecified atom stereocenters. The second-order valence-electron chi connectivity index (χ2n) is 13.0. The number of rotatable bonds is 23. The molecule has 3 aromatic carbocycles. The van der Waals surface area contributed by atoms with Gasteiger partial charge in [-0.05, 0) is 67.4 Å². The van der Waals surface area contributed by atoms with Gasteiger partial charge in [0.25, 0.3) is 11.8 Å². The van der Waals surface area contributed by atoms with Gasteiger partial charge in [0.05, 0.1) is 24.5 Å². The lowest BCUT2D eigenvalue weighted by molar-refractivity contribution is -0.111. The molecule has 50 heavy (non-hydrogen) atoms. The van der Waals surface area contributed by atoms with E-state index in [0.29, 0.717) is 41.5 Å². The van der Waals surface area contributed by atoms with Crippen molar-refractivity contribution in [3.63, 3.8) is 0 Å². The summed E-state index contributed by atoms with van der Waals surface area (Å²) in [5.74, 6) is -0.535. The number of nitrogens with zero attached hydrogens (tertiary/aromatic N) is 2. The number of carbonyl (C=O) groups is 3. The van der Waals surface area contributed by atoms with Crippen LogP contribution < -0.4 is 14.4 Å². The van der Waals surface area contributed by atoms with Crippen molar-refractivity contribution in [1.82, 2.24) is 0 Å². The van der Waals surface area contributed by atoms with Crippen molar-refractivity contribution in [2.24, 2.45) is 5.16 Å². The maximum Gasteiger partial charge on any atom is 0.365 e. The van der Waals surface area contributed by atoms with Gasteiger partial charge in [0.15, 0.2) is 5.71 Å². The summed E-state index contributed by atoms with van der Waals surface area (Å²) in [7, 11) is 0. The number of benzene rings is 3. The molecule has 1 aliphatic heterocycles. The number of imide groups is 1. The van der Waals surface area contributed by atoms with Crippen LogP contribution in [0.2, 0.25) is 0 Å². The normalized spacial score (nSPS) is 13.0. The maximum atomic E-state index is 13.6. The largest absolute Gasteiger partial charge is 0.494 e. The third-order valence-corrected chi connectivity index (χ3v) is 8.95. The van der Waals surface area contributed by atoms with Crippen LogP contribution in [0.4, 0.5) is 5.69 Å². The number of ether oxygens (including phenoxy) is 2. The highest BCUT2D eigenvalue weighted by Crippen LogP contribution is 2.31. The smallest absolute Gasteiger partial charge is 0.365 e. The van der Waals surface area contributed by atoms with Crippen molar-refractivity contribution in [2.75, 3.05) is 18.1 Å². The lowest BCUT2D eigenvalue weighted by atomic mass is 10.1. The van der Waals surface area contributed by atoms with Gasteiger partial charge >= 0.3 is 5.97 Å². The van der Waals surface area contributed by atoms with E-state index in [1.54, 1.807) is 72.8 Å². The van der Waals surface area contributed by atoms with Gasteiger partial charge in [-0.15, -0.1) is 0 Å². The SMILES string of the molecule is CCCCCCCCCCOc1ccc(C(=O)O/N=C2/C(=O)N(C(=O)c3ccc(OCCCCCCCCCC)cc3)c3ccccc32)cc1. The first-order valence-corrected chi connectivity index (χ1v) is 18.8. The Hall–Kier alpha value is -4.46. The summed E-state index contributed by atoms with van der Waals surface area (Å²) in [6.45, 7) is 5.70. The predicted octanol–water partition coefficient (Wildman–Crippen LogP) is 10.5. The van der Waals surface area contributed by atoms with Gasteiger partial charge in [-0.2, -0.15) is 0 Å². The average molecular weight is 683 g/mol. The zero-order valence-electron chi connectivity index (χ0n) is 30.0. The van der Waals surface area contributed by atoms with Gasteiger partial charge in [-0.1, -0.05) is 127 Å². The topological polar surface area (TPSA) is 94.5 Å². The van der Waals surface area contributed by atoms with Gasteiger partial charge in [-0.3, -0.25) is 9.59 Å². The molecule has 0 atom stereocenters. The quantitative estimate of drug-likeness (QED) is 0.0428. The molecule has 1 heterocycles.